The van der Waals surface area contributed by atoms with Crippen molar-refractivity contribution < 1.29 is 19.1 Å². The number of hydrogen-bond donors (Lipinski definition) is 2. The van der Waals surface area contributed by atoms with Crippen LogP contribution in [0, 0.1) is 0 Å². The second-order valence-corrected chi connectivity index (χ2v) is 8.35. The number of carbonyl (C=O) groups is 3. The molecule has 0 aliphatic rings. The second kappa shape index (κ2) is 15.6. The lowest BCUT2D eigenvalue weighted by Crippen LogP contribution is -2.34. The van der Waals surface area contributed by atoms with Crippen LogP contribution in [0.2, 0.25) is 5.02 Å². The van der Waals surface area contributed by atoms with Gasteiger partial charge in [0, 0.05) is 11.4 Å². The lowest BCUT2D eigenvalue weighted by atomic mass is 10.1. The fourth-order valence-electron chi connectivity index (χ4n) is 3.14. The van der Waals surface area contributed by atoms with Crippen LogP contribution in [-0.4, -0.2) is 30.5 Å². The Balaban J connectivity index is 1.67. The van der Waals surface area contributed by atoms with Gasteiger partial charge in [-0.15, -0.1) is 0 Å². The topological polar surface area (TPSA) is 96.9 Å². The third kappa shape index (κ3) is 11.1. The van der Waals surface area contributed by atoms with Gasteiger partial charge in [0.25, 0.3) is 5.91 Å². The Hall–Kier alpha value is -3.19. The molecule has 0 aliphatic heterocycles. The van der Waals surface area contributed by atoms with Gasteiger partial charge in [0.1, 0.15) is 5.75 Å². The molecule has 0 saturated heterocycles. The van der Waals surface area contributed by atoms with E-state index in [4.69, 9.17) is 16.3 Å². The van der Waals surface area contributed by atoms with E-state index in [9.17, 15) is 14.4 Å². The lowest BCUT2D eigenvalue weighted by molar-refractivity contribution is -0.126. The highest BCUT2D eigenvalue weighted by molar-refractivity contribution is 6.30. The Morgan fingerprint density at radius 2 is 1.65 bits per heavy atom. The molecule has 0 radical (unpaired) electrons. The molecule has 8 heteroatoms. The summed E-state index contributed by atoms with van der Waals surface area (Å²) in [6.45, 7) is 2.05. The molecule has 182 valence electrons. The molecule has 0 bridgehead atoms. The monoisotopic (exact) mass is 485 g/mol. The van der Waals surface area contributed by atoms with Crippen LogP contribution in [0.5, 0.6) is 5.75 Å². The minimum atomic E-state index is -0.508. The molecule has 0 unspecified atom stereocenters. The Morgan fingerprint density at radius 3 is 2.38 bits per heavy atom. The maximum atomic E-state index is 12.2. The van der Waals surface area contributed by atoms with Gasteiger partial charge in [-0.1, -0.05) is 69.2 Å². The predicted octanol–water partition coefficient (Wildman–Crippen LogP) is 5.27. The number of unbranched alkanes of at least 4 members (excludes halogenated alkanes) is 6. The van der Waals surface area contributed by atoms with Crippen molar-refractivity contribution in [3.05, 3.63) is 64.7 Å². The molecule has 34 heavy (non-hydrogen) atoms. The van der Waals surface area contributed by atoms with Crippen molar-refractivity contribution in [2.24, 2.45) is 5.10 Å². The molecule has 0 saturated carbocycles. The van der Waals surface area contributed by atoms with E-state index in [2.05, 4.69) is 22.8 Å². The van der Waals surface area contributed by atoms with Crippen LogP contribution in [0.3, 0.4) is 0 Å². The summed E-state index contributed by atoms with van der Waals surface area (Å²) in [7, 11) is 0. The first kappa shape index (κ1) is 27.1. The number of nitrogens with zero attached hydrogens (tertiary/aromatic N) is 1. The normalized spacial score (nSPS) is 10.8. The molecule has 2 N–H and O–H groups in total. The largest absolute Gasteiger partial charge is 0.423 e. The summed E-state index contributed by atoms with van der Waals surface area (Å²) in [6.07, 6.45) is 9.81. The molecule has 7 nitrogen and oxygen atoms in total. The first-order valence-electron chi connectivity index (χ1n) is 11.6. The Kier molecular flexibility index (Phi) is 12.4. The minimum Gasteiger partial charge on any atom is -0.423 e. The smallest absolute Gasteiger partial charge is 0.343 e. The average Bonchev–Trinajstić information content (AvgIpc) is 2.83. The molecule has 0 heterocycles. The maximum Gasteiger partial charge on any atom is 0.343 e. The highest BCUT2D eigenvalue weighted by atomic mass is 35.5. The molecule has 0 spiro atoms. The molecule has 2 amide bonds. The zero-order valence-electron chi connectivity index (χ0n) is 19.5. The first-order valence-corrected chi connectivity index (χ1v) is 12.0. The second-order valence-electron chi connectivity index (χ2n) is 7.91. The average molecular weight is 486 g/mol. The van der Waals surface area contributed by atoms with Crippen LogP contribution in [-0.2, 0) is 9.59 Å². The standard InChI is InChI=1S/C26H32ClN3O4/c1-2-3-4-5-6-7-8-12-24(31)28-19-25(32)30-29-18-20-10-9-11-23(17-20)34-26(33)21-13-15-22(27)16-14-21/h9-11,13-18H,2-8,12,19H2,1H3,(H,28,31)(H,30,32). The highest BCUT2D eigenvalue weighted by Gasteiger charge is 2.09. The number of ether oxygens (including phenoxy) is 1. The SMILES string of the molecule is CCCCCCCCCC(=O)NCC(=O)NN=Cc1cccc(OC(=O)c2ccc(Cl)cc2)c1. The first-order chi connectivity index (χ1) is 16.5. The van der Waals surface area contributed by atoms with E-state index >= 15 is 0 Å². The molecule has 0 fully saturated rings. The molecular formula is C26H32ClN3O4. The summed E-state index contributed by atoms with van der Waals surface area (Å²) in [4.78, 5) is 35.9. The maximum absolute atomic E-state index is 12.2. The number of hydrazone groups is 1. The number of rotatable bonds is 14. The third-order valence-corrected chi connectivity index (χ3v) is 5.26. The van der Waals surface area contributed by atoms with E-state index in [1.54, 1.807) is 48.5 Å². The molecule has 0 atom stereocenters. The summed E-state index contributed by atoms with van der Waals surface area (Å²) in [5.74, 6) is -0.725. The van der Waals surface area contributed by atoms with Gasteiger partial charge >= 0.3 is 5.97 Å². The van der Waals surface area contributed by atoms with Crippen LogP contribution in [0.25, 0.3) is 0 Å². The van der Waals surface area contributed by atoms with Crippen molar-refractivity contribution in [3.63, 3.8) is 0 Å². The third-order valence-electron chi connectivity index (χ3n) is 5.00. The van der Waals surface area contributed by atoms with Crippen LogP contribution < -0.4 is 15.5 Å². The lowest BCUT2D eigenvalue weighted by Gasteiger charge is -2.06. The number of nitrogens with one attached hydrogen (secondary N) is 2. The van der Waals surface area contributed by atoms with Crippen molar-refractivity contribution >= 4 is 35.6 Å². The fourth-order valence-corrected chi connectivity index (χ4v) is 3.26. The summed E-state index contributed by atoms with van der Waals surface area (Å²) >= 11 is 5.83. The number of amides is 2. The van der Waals surface area contributed by atoms with Crippen LogP contribution in [0.15, 0.2) is 53.6 Å². The summed E-state index contributed by atoms with van der Waals surface area (Å²) in [5, 5.41) is 7.02. The van der Waals surface area contributed by atoms with Crippen molar-refractivity contribution in [3.8, 4) is 5.75 Å². The van der Waals surface area contributed by atoms with E-state index in [0.717, 1.165) is 19.3 Å². The summed E-state index contributed by atoms with van der Waals surface area (Å²) < 4.78 is 5.36. The van der Waals surface area contributed by atoms with E-state index in [1.165, 1.54) is 31.9 Å². The van der Waals surface area contributed by atoms with E-state index in [1.807, 2.05) is 0 Å². The Morgan fingerprint density at radius 1 is 0.941 bits per heavy atom. The molecule has 0 aromatic heterocycles. The van der Waals surface area contributed by atoms with Gasteiger partial charge in [0.15, 0.2) is 0 Å². The highest BCUT2D eigenvalue weighted by Crippen LogP contribution is 2.16. The molecule has 0 aliphatic carbocycles. The van der Waals surface area contributed by atoms with E-state index in [0.29, 0.717) is 28.3 Å². The van der Waals surface area contributed by atoms with Gasteiger partial charge in [-0.25, -0.2) is 10.2 Å². The summed E-state index contributed by atoms with van der Waals surface area (Å²) in [6, 6.07) is 13.1. The minimum absolute atomic E-state index is 0.134. The van der Waals surface area contributed by atoms with E-state index < -0.39 is 11.9 Å². The van der Waals surface area contributed by atoms with Crippen molar-refractivity contribution in [1.29, 1.82) is 0 Å². The van der Waals surface area contributed by atoms with Crippen molar-refractivity contribution in [1.82, 2.24) is 10.7 Å². The number of esters is 1. The number of benzene rings is 2. The number of halogens is 1. The Bertz CT molecular complexity index is 961. The fraction of sp³-hybridized carbons (Fsp3) is 0.385. The van der Waals surface area contributed by atoms with E-state index in [-0.39, 0.29) is 12.5 Å². The zero-order chi connectivity index (χ0) is 24.6. The Labute approximate surface area is 205 Å². The van der Waals surface area contributed by atoms with Gasteiger partial charge < -0.3 is 10.1 Å². The number of hydrogen-bond acceptors (Lipinski definition) is 5. The van der Waals surface area contributed by atoms with Gasteiger partial charge in [-0.2, -0.15) is 5.10 Å². The number of carbonyl (C=O) groups excluding carboxylic acids is 3. The molecular weight excluding hydrogens is 454 g/mol. The van der Waals surface area contributed by atoms with Gasteiger partial charge in [0.2, 0.25) is 5.91 Å². The van der Waals surface area contributed by atoms with Crippen molar-refractivity contribution in [2.45, 2.75) is 58.3 Å². The molecule has 2 rings (SSSR count). The van der Waals surface area contributed by atoms with Gasteiger partial charge in [-0.05, 0) is 48.4 Å². The van der Waals surface area contributed by atoms with Gasteiger partial charge in [0.05, 0.1) is 18.3 Å². The molecule has 2 aromatic rings. The van der Waals surface area contributed by atoms with Crippen LogP contribution in [0.4, 0.5) is 0 Å². The quantitative estimate of drug-likeness (QED) is 0.125. The summed E-state index contributed by atoms with van der Waals surface area (Å²) in [5.41, 5.74) is 3.38. The molecule has 2 aromatic carbocycles. The predicted molar refractivity (Wildman–Crippen MR) is 134 cm³/mol. The van der Waals surface area contributed by atoms with Crippen molar-refractivity contribution in [2.75, 3.05) is 6.54 Å². The van der Waals surface area contributed by atoms with Crippen LogP contribution >= 0.6 is 11.6 Å². The van der Waals surface area contributed by atoms with Gasteiger partial charge in [-0.3, -0.25) is 9.59 Å². The zero-order valence-corrected chi connectivity index (χ0v) is 20.3. The van der Waals surface area contributed by atoms with Crippen LogP contribution in [0.1, 0.15) is 74.2 Å².